The largest absolute Gasteiger partial charge is 0.469 e. The van der Waals surface area contributed by atoms with Gasteiger partial charge >= 0.3 is 13.1 Å². The lowest BCUT2D eigenvalue weighted by Crippen LogP contribution is -2.41. The van der Waals surface area contributed by atoms with E-state index in [1.807, 2.05) is 70.2 Å². The Morgan fingerprint density at radius 2 is 1.70 bits per heavy atom. The number of methoxy groups -OCH3 is 1. The molecule has 0 aliphatic carbocycles. The maximum absolute atomic E-state index is 12.0. The molecule has 1 aromatic carbocycles. The molecule has 0 radical (unpaired) electrons. The van der Waals surface area contributed by atoms with Gasteiger partial charge in [0.25, 0.3) is 0 Å². The number of aromatic nitrogens is 1. The number of hydrogen-bond acceptors (Lipinski definition) is 5. The molecule has 1 aliphatic rings. The number of nitrogens with zero attached hydrogens (tertiary/aromatic N) is 1. The van der Waals surface area contributed by atoms with Gasteiger partial charge in [0.2, 0.25) is 0 Å². The number of rotatable bonds is 5. The number of hydrogen-bond donors (Lipinski definition) is 0. The van der Waals surface area contributed by atoms with E-state index in [0.717, 1.165) is 16.8 Å². The SMILES string of the molecule is COC(=O)CC(B1OC(C)(C)C(C)(C)O1)c1ccc(-c2ccccn2)cc1. The summed E-state index contributed by atoms with van der Waals surface area (Å²) in [5, 5.41) is 0. The van der Waals surface area contributed by atoms with E-state index in [2.05, 4.69) is 4.98 Å². The number of pyridine rings is 1. The maximum Gasteiger partial charge on any atom is 0.466 e. The second-order valence-corrected chi connectivity index (χ2v) is 7.85. The van der Waals surface area contributed by atoms with Crippen LogP contribution in [0.2, 0.25) is 0 Å². The lowest BCUT2D eigenvalue weighted by atomic mass is 9.66. The van der Waals surface area contributed by atoms with Crippen LogP contribution < -0.4 is 0 Å². The van der Waals surface area contributed by atoms with Gasteiger partial charge in [-0.2, -0.15) is 0 Å². The van der Waals surface area contributed by atoms with E-state index in [1.54, 1.807) is 6.20 Å². The number of carbonyl (C=O) groups is 1. The van der Waals surface area contributed by atoms with E-state index >= 15 is 0 Å². The average molecular weight is 367 g/mol. The Balaban J connectivity index is 1.89. The molecule has 1 aromatic heterocycles. The zero-order valence-electron chi connectivity index (χ0n) is 16.6. The minimum atomic E-state index is -0.519. The van der Waals surface area contributed by atoms with Gasteiger partial charge in [-0.3, -0.25) is 9.78 Å². The Morgan fingerprint density at radius 3 is 2.22 bits per heavy atom. The molecular weight excluding hydrogens is 341 g/mol. The molecule has 2 aromatic rings. The number of ether oxygens (including phenoxy) is 1. The van der Waals surface area contributed by atoms with Crippen LogP contribution in [0.4, 0.5) is 0 Å². The zero-order chi connectivity index (χ0) is 19.7. The summed E-state index contributed by atoms with van der Waals surface area (Å²) >= 11 is 0. The predicted molar refractivity (Wildman–Crippen MR) is 105 cm³/mol. The van der Waals surface area contributed by atoms with Gasteiger partial charge in [0.05, 0.1) is 30.4 Å². The quantitative estimate of drug-likeness (QED) is 0.590. The molecule has 1 unspecified atom stereocenters. The van der Waals surface area contributed by atoms with Crippen LogP contribution >= 0.6 is 0 Å². The predicted octanol–water partition coefficient (Wildman–Crippen LogP) is 4.03. The summed E-state index contributed by atoms with van der Waals surface area (Å²) in [5.74, 6) is -0.542. The Hall–Kier alpha value is -2.18. The number of esters is 1. The Morgan fingerprint density at radius 1 is 1.07 bits per heavy atom. The van der Waals surface area contributed by atoms with Gasteiger partial charge in [0.15, 0.2) is 0 Å². The van der Waals surface area contributed by atoms with Gasteiger partial charge in [-0.1, -0.05) is 30.3 Å². The molecule has 5 nitrogen and oxygen atoms in total. The van der Waals surface area contributed by atoms with E-state index in [9.17, 15) is 4.79 Å². The Bertz CT molecular complexity index is 774. The highest BCUT2D eigenvalue weighted by Crippen LogP contribution is 2.42. The maximum atomic E-state index is 12.0. The van der Waals surface area contributed by atoms with E-state index in [0.29, 0.717) is 0 Å². The van der Waals surface area contributed by atoms with Crippen molar-refractivity contribution < 1.29 is 18.8 Å². The summed E-state index contributed by atoms with van der Waals surface area (Å²) in [5.41, 5.74) is 1.98. The normalized spacial score (nSPS) is 18.9. The van der Waals surface area contributed by atoms with Crippen LogP contribution in [0.15, 0.2) is 48.7 Å². The van der Waals surface area contributed by atoms with Crippen LogP contribution in [0.1, 0.15) is 45.5 Å². The van der Waals surface area contributed by atoms with E-state index in [1.165, 1.54) is 7.11 Å². The molecule has 1 atom stereocenters. The van der Waals surface area contributed by atoms with Crippen LogP contribution in [0.25, 0.3) is 11.3 Å². The van der Waals surface area contributed by atoms with Gasteiger partial charge in [-0.25, -0.2) is 0 Å². The van der Waals surface area contributed by atoms with Crippen molar-refractivity contribution in [3.8, 4) is 11.3 Å². The first-order valence-electron chi connectivity index (χ1n) is 9.17. The van der Waals surface area contributed by atoms with E-state index in [-0.39, 0.29) is 18.2 Å². The van der Waals surface area contributed by atoms with Crippen molar-refractivity contribution in [1.82, 2.24) is 4.98 Å². The molecule has 0 spiro atoms. The third-order valence-electron chi connectivity index (χ3n) is 5.51. The summed E-state index contributed by atoms with van der Waals surface area (Å²) in [6, 6.07) is 13.8. The fraction of sp³-hybridized carbons (Fsp3) is 0.429. The van der Waals surface area contributed by atoms with Crippen LogP contribution in [0.5, 0.6) is 0 Å². The van der Waals surface area contributed by atoms with Crippen molar-refractivity contribution in [1.29, 1.82) is 0 Å². The molecule has 0 amide bonds. The Labute approximate surface area is 161 Å². The summed E-state index contributed by atoms with van der Waals surface area (Å²) in [6.45, 7) is 8.03. The summed E-state index contributed by atoms with van der Waals surface area (Å²) in [4.78, 5) is 16.4. The van der Waals surface area contributed by atoms with Gasteiger partial charge in [-0.05, 0) is 45.4 Å². The fourth-order valence-corrected chi connectivity index (χ4v) is 3.12. The first kappa shape index (κ1) is 19.6. The van der Waals surface area contributed by atoms with Gasteiger partial charge in [0, 0.05) is 17.6 Å². The third kappa shape index (κ3) is 4.07. The second kappa shape index (κ2) is 7.45. The molecule has 3 rings (SSSR count). The monoisotopic (exact) mass is 367 g/mol. The molecule has 1 aliphatic heterocycles. The first-order chi connectivity index (χ1) is 12.7. The minimum absolute atomic E-state index is 0.191. The van der Waals surface area contributed by atoms with Crippen LogP contribution in [0.3, 0.4) is 0 Å². The van der Waals surface area contributed by atoms with E-state index in [4.69, 9.17) is 14.0 Å². The standard InChI is InChI=1S/C21H26BNO4/c1-20(2)21(3,4)27-22(26-20)17(14-19(24)25-5)15-9-11-16(12-10-15)18-8-6-7-13-23-18/h6-13,17H,14H2,1-5H3. The average Bonchev–Trinajstić information content (AvgIpc) is 2.87. The summed E-state index contributed by atoms with van der Waals surface area (Å²) in [7, 11) is 0.878. The molecule has 0 bridgehead atoms. The van der Waals surface area contributed by atoms with Crippen LogP contribution in [0, 0.1) is 0 Å². The van der Waals surface area contributed by atoms with Crippen molar-refractivity contribution >= 4 is 13.1 Å². The number of carbonyl (C=O) groups excluding carboxylic acids is 1. The van der Waals surface area contributed by atoms with Crippen molar-refractivity contribution in [2.75, 3.05) is 7.11 Å². The lowest BCUT2D eigenvalue weighted by Gasteiger charge is -2.32. The van der Waals surface area contributed by atoms with Gasteiger partial charge in [0.1, 0.15) is 0 Å². The van der Waals surface area contributed by atoms with Crippen molar-refractivity contribution in [3.63, 3.8) is 0 Å². The molecular formula is C21H26BNO4. The van der Waals surface area contributed by atoms with Crippen LogP contribution in [-0.4, -0.2) is 36.4 Å². The summed E-state index contributed by atoms with van der Waals surface area (Å²) < 4.78 is 17.3. The fourth-order valence-electron chi connectivity index (χ4n) is 3.12. The lowest BCUT2D eigenvalue weighted by molar-refractivity contribution is -0.140. The zero-order valence-corrected chi connectivity index (χ0v) is 16.6. The molecule has 142 valence electrons. The smallest absolute Gasteiger partial charge is 0.466 e. The molecule has 27 heavy (non-hydrogen) atoms. The number of benzene rings is 1. The molecule has 2 heterocycles. The van der Waals surface area contributed by atoms with E-state index < -0.39 is 18.3 Å². The third-order valence-corrected chi connectivity index (χ3v) is 5.51. The second-order valence-electron chi connectivity index (χ2n) is 7.85. The highest BCUT2D eigenvalue weighted by molar-refractivity contribution is 6.48. The topological polar surface area (TPSA) is 57.7 Å². The molecule has 0 saturated carbocycles. The van der Waals surface area contributed by atoms with Crippen molar-refractivity contribution in [2.24, 2.45) is 0 Å². The molecule has 1 saturated heterocycles. The minimum Gasteiger partial charge on any atom is -0.469 e. The molecule has 0 N–H and O–H groups in total. The van der Waals surface area contributed by atoms with Crippen LogP contribution in [-0.2, 0) is 18.8 Å². The van der Waals surface area contributed by atoms with Crippen molar-refractivity contribution in [2.45, 2.75) is 51.1 Å². The highest BCUT2D eigenvalue weighted by Gasteiger charge is 2.54. The summed E-state index contributed by atoms with van der Waals surface area (Å²) in [6.07, 6.45) is 1.96. The molecule has 6 heteroatoms. The highest BCUT2D eigenvalue weighted by atomic mass is 16.7. The van der Waals surface area contributed by atoms with Crippen molar-refractivity contribution in [3.05, 3.63) is 54.2 Å². The Kier molecular flexibility index (Phi) is 5.40. The first-order valence-corrected chi connectivity index (χ1v) is 9.17. The van der Waals surface area contributed by atoms with Gasteiger partial charge in [-0.15, -0.1) is 0 Å². The van der Waals surface area contributed by atoms with Gasteiger partial charge < -0.3 is 14.0 Å². The molecule has 1 fully saturated rings.